The number of rotatable bonds is 5. The fourth-order valence-corrected chi connectivity index (χ4v) is 2.47. The third-order valence-corrected chi connectivity index (χ3v) is 3.99. The zero-order valence-corrected chi connectivity index (χ0v) is 14.2. The largest absolute Gasteiger partial charge is 0.349 e. The summed E-state index contributed by atoms with van der Waals surface area (Å²) in [5, 5.41) is 5.89. The lowest BCUT2D eigenvalue weighted by molar-refractivity contribution is 0.0946. The Bertz CT molecular complexity index is 912. The van der Waals surface area contributed by atoms with Crippen LogP contribution in [0.1, 0.15) is 16.1 Å². The molecular formula is C19H14ClF2N3O. The van der Waals surface area contributed by atoms with Crippen LogP contribution in [0.4, 0.5) is 20.2 Å². The van der Waals surface area contributed by atoms with Gasteiger partial charge in [-0.25, -0.2) is 13.8 Å². The van der Waals surface area contributed by atoms with Crippen molar-refractivity contribution in [3.05, 3.63) is 88.7 Å². The Labute approximate surface area is 153 Å². The van der Waals surface area contributed by atoms with Gasteiger partial charge in [-0.15, -0.1) is 0 Å². The number of aromatic nitrogens is 1. The van der Waals surface area contributed by atoms with Crippen molar-refractivity contribution in [3.8, 4) is 0 Å². The molecule has 0 spiro atoms. The van der Waals surface area contributed by atoms with Crippen molar-refractivity contribution in [2.24, 2.45) is 0 Å². The van der Waals surface area contributed by atoms with Crippen molar-refractivity contribution in [3.63, 3.8) is 0 Å². The van der Waals surface area contributed by atoms with Gasteiger partial charge in [0.2, 0.25) is 0 Å². The van der Waals surface area contributed by atoms with Gasteiger partial charge in [-0.05, 0) is 35.9 Å². The number of nitrogens with one attached hydrogen (secondary N) is 2. The van der Waals surface area contributed by atoms with E-state index in [9.17, 15) is 13.6 Å². The summed E-state index contributed by atoms with van der Waals surface area (Å²) in [6.45, 7) is 0.265. The molecule has 7 heteroatoms. The molecule has 0 saturated heterocycles. The second-order valence-electron chi connectivity index (χ2n) is 5.43. The topological polar surface area (TPSA) is 54.0 Å². The van der Waals surface area contributed by atoms with Crippen molar-refractivity contribution in [1.29, 1.82) is 0 Å². The van der Waals surface area contributed by atoms with E-state index in [0.717, 1.165) is 17.7 Å². The van der Waals surface area contributed by atoms with Gasteiger partial charge in [0, 0.05) is 11.6 Å². The van der Waals surface area contributed by atoms with Crippen LogP contribution in [0.15, 0.2) is 60.8 Å². The third-order valence-electron chi connectivity index (χ3n) is 3.63. The number of amides is 1. The van der Waals surface area contributed by atoms with Crippen LogP contribution in [0, 0.1) is 11.6 Å². The normalized spacial score (nSPS) is 10.4. The second kappa shape index (κ2) is 7.93. The summed E-state index contributed by atoms with van der Waals surface area (Å²) >= 11 is 6.04. The van der Waals surface area contributed by atoms with Crippen molar-refractivity contribution in [1.82, 2.24) is 10.3 Å². The Morgan fingerprint density at radius 3 is 2.38 bits per heavy atom. The van der Waals surface area contributed by atoms with E-state index < -0.39 is 11.6 Å². The molecule has 26 heavy (non-hydrogen) atoms. The highest BCUT2D eigenvalue weighted by Crippen LogP contribution is 2.22. The van der Waals surface area contributed by atoms with E-state index >= 15 is 0 Å². The smallest absolute Gasteiger partial charge is 0.270 e. The lowest BCUT2D eigenvalue weighted by Crippen LogP contribution is -2.23. The molecule has 1 amide bonds. The first kappa shape index (κ1) is 17.8. The van der Waals surface area contributed by atoms with Crippen molar-refractivity contribution < 1.29 is 13.6 Å². The van der Waals surface area contributed by atoms with Crippen LogP contribution in [0.3, 0.4) is 0 Å². The Kier molecular flexibility index (Phi) is 5.43. The molecule has 1 aromatic heterocycles. The fraction of sp³-hybridized carbons (Fsp3) is 0.0526. The van der Waals surface area contributed by atoms with Crippen LogP contribution in [-0.2, 0) is 6.54 Å². The number of carbonyl (C=O) groups is 1. The van der Waals surface area contributed by atoms with Gasteiger partial charge >= 0.3 is 0 Å². The Morgan fingerprint density at radius 2 is 1.73 bits per heavy atom. The molecule has 0 bridgehead atoms. The lowest BCUT2D eigenvalue weighted by Gasteiger charge is -2.09. The first-order chi connectivity index (χ1) is 12.5. The summed E-state index contributed by atoms with van der Waals surface area (Å²) in [5.41, 5.74) is 1.05. The van der Waals surface area contributed by atoms with Gasteiger partial charge in [0.25, 0.3) is 5.91 Å². The number of nitrogens with zero attached hydrogens (tertiary/aromatic N) is 1. The second-order valence-corrected chi connectivity index (χ2v) is 5.84. The maximum absolute atomic E-state index is 13.6. The maximum Gasteiger partial charge on any atom is 0.270 e. The highest BCUT2D eigenvalue weighted by molar-refractivity contribution is 6.31. The van der Waals surface area contributed by atoms with E-state index in [1.165, 1.54) is 24.4 Å². The molecule has 0 fully saturated rings. The predicted molar refractivity (Wildman–Crippen MR) is 96.5 cm³/mol. The predicted octanol–water partition coefficient (Wildman–Crippen LogP) is 4.69. The summed E-state index contributed by atoms with van der Waals surface area (Å²) in [6.07, 6.45) is 1.33. The highest BCUT2D eigenvalue weighted by atomic mass is 35.5. The average molecular weight is 374 g/mol. The average Bonchev–Trinajstić information content (AvgIpc) is 2.64. The first-order valence-corrected chi connectivity index (χ1v) is 8.11. The maximum atomic E-state index is 13.6. The van der Waals surface area contributed by atoms with Gasteiger partial charge < -0.3 is 10.6 Å². The fourth-order valence-electron chi connectivity index (χ4n) is 2.27. The van der Waals surface area contributed by atoms with Gasteiger partial charge in [-0.1, -0.05) is 35.9 Å². The zero-order valence-electron chi connectivity index (χ0n) is 13.5. The SMILES string of the molecule is O=C(NCc1ccccc1Cl)c1ccc(Nc2c(F)cccc2F)cn1. The number of hydrogen-bond acceptors (Lipinski definition) is 3. The van der Waals surface area contributed by atoms with E-state index in [1.54, 1.807) is 12.1 Å². The molecule has 0 aliphatic carbocycles. The molecule has 3 aromatic rings. The first-order valence-electron chi connectivity index (χ1n) is 7.73. The number of anilines is 2. The van der Waals surface area contributed by atoms with E-state index in [4.69, 9.17) is 11.6 Å². The van der Waals surface area contributed by atoms with Gasteiger partial charge in [0.15, 0.2) is 0 Å². The summed E-state index contributed by atoms with van der Waals surface area (Å²) in [6, 6.07) is 13.7. The lowest BCUT2D eigenvalue weighted by atomic mass is 10.2. The molecule has 2 aromatic carbocycles. The standard InChI is InChI=1S/C19H14ClF2N3O/c20-14-5-2-1-4-12(14)10-24-19(26)17-9-8-13(11-23-17)25-18-15(21)6-3-7-16(18)22/h1-9,11,25H,10H2,(H,24,26). The van der Waals surface area contributed by atoms with Gasteiger partial charge in [-0.3, -0.25) is 4.79 Å². The van der Waals surface area contributed by atoms with Crippen LogP contribution >= 0.6 is 11.6 Å². The number of halogens is 3. The van der Waals surface area contributed by atoms with Crippen LogP contribution in [0.5, 0.6) is 0 Å². The van der Waals surface area contributed by atoms with Gasteiger partial charge in [0.1, 0.15) is 23.0 Å². The highest BCUT2D eigenvalue weighted by Gasteiger charge is 2.11. The number of carbonyl (C=O) groups excluding carboxylic acids is 1. The minimum atomic E-state index is -0.716. The number of pyridine rings is 1. The molecule has 1 heterocycles. The van der Waals surface area contributed by atoms with E-state index in [-0.39, 0.29) is 23.8 Å². The Hall–Kier alpha value is -2.99. The molecule has 2 N–H and O–H groups in total. The van der Waals surface area contributed by atoms with Crippen LogP contribution in [0.2, 0.25) is 5.02 Å². The monoisotopic (exact) mass is 373 g/mol. The molecule has 3 rings (SSSR count). The molecule has 0 atom stereocenters. The molecule has 4 nitrogen and oxygen atoms in total. The van der Waals surface area contributed by atoms with E-state index in [0.29, 0.717) is 10.7 Å². The molecular weight excluding hydrogens is 360 g/mol. The minimum absolute atomic E-state index is 0.177. The minimum Gasteiger partial charge on any atom is -0.349 e. The molecule has 0 aliphatic heterocycles. The van der Waals surface area contributed by atoms with Crippen LogP contribution < -0.4 is 10.6 Å². The molecule has 132 valence electrons. The van der Waals surface area contributed by atoms with Crippen molar-refractivity contribution >= 4 is 28.9 Å². The molecule has 0 radical (unpaired) electrons. The quantitative estimate of drug-likeness (QED) is 0.682. The van der Waals surface area contributed by atoms with Crippen molar-refractivity contribution in [2.75, 3.05) is 5.32 Å². The number of hydrogen-bond donors (Lipinski definition) is 2. The molecule has 0 unspecified atom stereocenters. The molecule has 0 aliphatic rings. The summed E-state index contributed by atoms with van der Waals surface area (Å²) in [5.74, 6) is -1.81. The van der Waals surface area contributed by atoms with Crippen molar-refractivity contribution in [2.45, 2.75) is 6.54 Å². The Morgan fingerprint density at radius 1 is 1.00 bits per heavy atom. The zero-order chi connectivity index (χ0) is 18.5. The third kappa shape index (κ3) is 4.15. The summed E-state index contributed by atoms with van der Waals surface area (Å²) in [4.78, 5) is 16.2. The number of para-hydroxylation sites is 1. The Balaban J connectivity index is 1.65. The summed E-state index contributed by atoms with van der Waals surface area (Å²) in [7, 11) is 0. The van der Waals surface area contributed by atoms with Crippen LogP contribution in [-0.4, -0.2) is 10.9 Å². The molecule has 0 saturated carbocycles. The van der Waals surface area contributed by atoms with Gasteiger partial charge in [0.05, 0.1) is 11.9 Å². The van der Waals surface area contributed by atoms with E-state index in [2.05, 4.69) is 15.6 Å². The summed E-state index contributed by atoms with van der Waals surface area (Å²) < 4.78 is 27.3. The van der Waals surface area contributed by atoms with Crippen LogP contribution in [0.25, 0.3) is 0 Å². The van der Waals surface area contributed by atoms with E-state index in [1.807, 2.05) is 12.1 Å². The van der Waals surface area contributed by atoms with Gasteiger partial charge in [-0.2, -0.15) is 0 Å². The number of benzene rings is 2.